The number of fused-ring (bicyclic) bond motifs is 3. The zero-order valence-corrected chi connectivity index (χ0v) is 20.0. The van der Waals surface area contributed by atoms with Crippen LogP contribution in [0.5, 0.6) is 0 Å². The molecule has 0 bridgehead atoms. The summed E-state index contributed by atoms with van der Waals surface area (Å²) >= 11 is 6.39. The summed E-state index contributed by atoms with van der Waals surface area (Å²) < 4.78 is 17.0. The van der Waals surface area contributed by atoms with Gasteiger partial charge in [-0.25, -0.2) is 9.37 Å². The van der Waals surface area contributed by atoms with Crippen molar-refractivity contribution < 1.29 is 9.18 Å². The number of rotatable bonds is 3. The number of likely N-dealkylation sites (N-methyl/N-ethyl adjacent to an activating group) is 1. The molecule has 4 aromatic rings. The summed E-state index contributed by atoms with van der Waals surface area (Å²) in [6, 6.07) is 5.52. The van der Waals surface area contributed by atoms with E-state index in [0.29, 0.717) is 45.8 Å². The molecule has 178 valence electrons. The molecular weight excluding hydrogens is 469 g/mol. The third-order valence-corrected chi connectivity index (χ3v) is 7.50. The van der Waals surface area contributed by atoms with Gasteiger partial charge in [0.2, 0.25) is 5.91 Å². The lowest BCUT2D eigenvalue weighted by Crippen LogP contribution is -2.32. The second kappa shape index (κ2) is 7.64. The molecule has 4 heterocycles. The van der Waals surface area contributed by atoms with Gasteiger partial charge in [-0.3, -0.25) is 14.5 Å². The van der Waals surface area contributed by atoms with E-state index in [1.165, 1.54) is 6.20 Å². The number of benzene rings is 1. The van der Waals surface area contributed by atoms with Crippen molar-refractivity contribution in [1.29, 1.82) is 0 Å². The van der Waals surface area contributed by atoms with Crippen molar-refractivity contribution in [1.82, 2.24) is 24.6 Å². The van der Waals surface area contributed by atoms with Gasteiger partial charge in [0.1, 0.15) is 18.2 Å². The van der Waals surface area contributed by atoms with Crippen molar-refractivity contribution in [2.45, 2.75) is 31.7 Å². The molecule has 0 atom stereocenters. The average molecular weight is 492 g/mol. The second-order valence-corrected chi connectivity index (χ2v) is 9.85. The minimum atomic E-state index is -0.542. The number of nitrogens with one attached hydrogen (secondary N) is 1. The van der Waals surface area contributed by atoms with E-state index in [9.17, 15) is 4.79 Å². The van der Waals surface area contributed by atoms with Crippen molar-refractivity contribution >= 4 is 45.6 Å². The van der Waals surface area contributed by atoms with Gasteiger partial charge in [-0.2, -0.15) is 5.10 Å². The largest absolute Gasteiger partial charge is 0.397 e. The first-order valence-corrected chi connectivity index (χ1v) is 11.7. The highest BCUT2D eigenvalue weighted by Crippen LogP contribution is 2.50. The smallest absolute Gasteiger partial charge is 0.244 e. The first-order valence-electron chi connectivity index (χ1n) is 11.3. The molecule has 3 N–H and O–H groups in total. The highest BCUT2D eigenvalue weighted by molar-refractivity contribution is 6.36. The SMILES string of the molecule is Cc1c(N)cncc1-c1cc2cc(Nc3cc4n(n3)CC(=O)N(C)CC43CC3)ncc2c(Cl)c1F. The highest BCUT2D eigenvalue weighted by Gasteiger charge is 2.50. The summed E-state index contributed by atoms with van der Waals surface area (Å²) in [6.45, 7) is 2.74. The van der Waals surface area contributed by atoms with Crippen molar-refractivity contribution in [2.75, 3.05) is 24.6 Å². The Balaban J connectivity index is 1.38. The van der Waals surface area contributed by atoms with Gasteiger partial charge in [0.15, 0.2) is 5.82 Å². The number of hydrogen-bond acceptors (Lipinski definition) is 6. The topological polar surface area (TPSA) is 102 Å². The first-order chi connectivity index (χ1) is 16.8. The molecule has 1 aliphatic heterocycles. The summed E-state index contributed by atoms with van der Waals surface area (Å²) in [5.74, 6) is 0.651. The van der Waals surface area contributed by atoms with Crippen LogP contribution in [0.3, 0.4) is 0 Å². The minimum Gasteiger partial charge on any atom is -0.397 e. The van der Waals surface area contributed by atoms with E-state index in [1.54, 1.807) is 34.1 Å². The molecule has 0 saturated heterocycles. The molecule has 10 heteroatoms. The van der Waals surface area contributed by atoms with E-state index in [4.69, 9.17) is 17.3 Å². The highest BCUT2D eigenvalue weighted by atomic mass is 35.5. The number of aromatic nitrogens is 4. The van der Waals surface area contributed by atoms with E-state index < -0.39 is 5.82 Å². The lowest BCUT2D eigenvalue weighted by molar-refractivity contribution is -0.130. The van der Waals surface area contributed by atoms with Crippen LogP contribution in [0.2, 0.25) is 5.02 Å². The van der Waals surface area contributed by atoms with Crippen molar-refractivity contribution in [2.24, 2.45) is 0 Å². The Labute approximate surface area is 205 Å². The monoisotopic (exact) mass is 491 g/mol. The number of nitrogens with zero attached hydrogens (tertiary/aromatic N) is 5. The van der Waals surface area contributed by atoms with E-state index in [2.05, 4.69) is 20.4 Å². The molecule has 2 aliphatic rings. The van der Waals surface area contributed by atoms with Crippen molar-refractivity contribution in [3.63, 3.8) is 0 Å². The maximum atomic E-state index is 15.2. The summed E-state index contributed by atoms with van der Waals surface area (Å²) in [5.41, 5.74) is 9.15. The number of nitrogen functional groups attached to an aromatic ring is 1. The maximum Gasteiger partial charge on any atom is 0.244 e. The fourth-order valence-electron chi connectivity index (χ4n) is 4.90. The zero-order valence-electron chi connectivity index (χ0n) is 19.3. The van der Waals surface area contributed by atoms with Gasteiger partial charge in [-0.05, 0) is 42.8 Å². The van der Waals surface area contributed by atoms with Gasteiger partial charge >= 0.3 is 0 Å². The molecule has 0 unspecified atom stereocenters. The lowest BCUT2D eigenvalue weighted by atomic mass is 9.98. The standard InChI is InChI=1S/C25H23ClFN7O/c1-13-16(8-29-10-18(13)28)15-5-14-6-20(30-9-17(14)23(26)24(15)27)31-21-7-19-25(3-4-25)12-33(2)22(35)11-34(19)32-21/h5-10H,3-4,11-12,28H2,1-2H3,(H,30,31,32). The molecule has 3 aromatic heterocycles. The molecule has 1 amide bonds. The first kappa shape index (κ1) is 21.8. The summed E-state index contributed by atoms with van der Waals surface area (Å²) in [7, 11) is 1.84. The second-order valence-electron chi connectivity index (χ2n) is 9.47. The molecule has 1 aliphatic carbocycles. The number of carbonyl (C=O) groups is 1. The molecule has 6 rings (SSSR count). The third-order valence-electron chi connectivity index (χ3n) is 7.13. The Morgan fingerprint density at radius 2 is 1.94 bits per heavy atom. The van der Waals surface area contributed by atoms with Crippen molar-refractivity contribution in [3.8, 4) is 11.1 Å². The number of pyridine rings is 2. The lowest BCUT2D eigenvalue weighted by Gasteiger charge is -2.18. The van der Waals surface area contributed by atoms with Crippen LogP contribution in [0.25, 0.3) is 21.9 Å². The Morgan fingerprint density at radius 3 is 2.71 bits per heavy atom. The number of hydrogen-bond donors (Lipinski definition) is 2. The predicted molar refractivity (Wildman–Crippen MR) is 133 cm³/mol. The van der Waals surface area contributed by atoms with E-state index >= 15 is 4.39 Å². The summed E-state index contributed by atoms with van der Waals surface area (Å²) in [6.07, 6.45) is 6.73. The molecule has 0 radical (unpaired) electrons. The van der Waals surface area contributed by atoms with Gasteiger partial charge in [0, 0.05) is 59.7 Å². The average Bonchev–Trinajstić information content (AvgIpc) is 3.51. The van der Waals surface area contributed by atoms with Crippen LogP contribution in [-0.2, 0) is 16.8 Å². The molecule has 35 heavy (non-hydrogen) atoms. The Kier molecular flexibility index (Phi) is 4.76. The van der Waals surface area contributed by atoms with Crippen LogP contribution in [0.4, 0.5) is 21.7 Å². The van der Waals surface area contributed by atoms with Crippen LogP contribution < -0.4 is 11.1 Å². The van der Waals surface area contributed by atoms with Crippen LogP contribution in [0, 0.1) is 12.7 Å². The quantitative estimate of drug-likeness (QED) is 0.439. The van der Waals surface area contributed by atoms with Crippen LogP contribution in [0.15, 0.2) is 36.8 Å². The third kappa shape index (κ3) is 3.49. The maximum absolute atomic E-state index is 15.2. The number of nitrogens with two attached hydrogens (primary N) is 1. The molecule has 1 saturated carbocycles. The van der Waals surface area contributed by atoms with Gasteiger partial charge in [0.05, 0.1) is 16.9 Å². The number of halogens is 2. The molecular formula is C25H23ClFN7O. The van der Waals surface area contributed by atoms with E-state index in [-0.39, 0.29) is 22.9 Å². The normalized spacial score (nSPS) is 16.5. The number of amides is 1. The number of carbonyl (C=O) groups excluding carboxylic acids is 1. The van der Waals surface area contributed by atoms with Gasteiger partial charge in [-0.15, -0.1) is 0 Å². The van der Waals surface area contributed by atoms with Gasteiger partial charge in [-0.1, -0.05) is 11.6 Å². The van der Waals surface area contributed by atoms with Gasteiger partial charge in [0.25, 0.3) is 0 Å². The summed E-state index contributed by atoms with van der Waals surface area (Å²) in [5, 5.41) is 9.08. The van der Waals surface area contributed by atoms with E-state index in [1.807, 2.05) is 20.0 Å². The minimum absolute atomic E-state index is 0.00890. The van der Waals surface area contributed by atoms with Crippen LogP contribution >= 0.6 is 11.6 Å². The summed E-state index contributed by atoms with van der Waals surface area (Å²) in [4.78, 5) is 22.8. The van der Waals surface area contributed by atoms with Crippen molar-refractivity contribution in [3.05, 3.63) is 58.9 Å². The van der Waals surface area contributed by atoms with Gasteiger partial charge < -0.3 is 16.0 Å². The Hall–Kier alpha value is -3.72. The fourth-order valence-corrected chi connectivity index (χ4v) is 5.16. The van der Waals surface area contributed by atoms with E-state index in [0.717, 1.165) is 24.1 Å². The molecule has 1 spiro atoms. The van der Waals surface area contributed by atoms with Crippen LogP contribution in [0.1, 0.15) is 24.1 Å². The zero-order chi connectivity index (χ0) is 24.5. The van der Waals surface area contributed by atoms with Crippen LogP contribution in [-0.4, -0.2) is 44.1 Å². The molecule has 1 fully saturated rings. The fraction of sp³-hybridized carbons (Fsp3) is 0.280. The molecule has 1 aromatic carbocycles. The predicted octanol–water partition coefficient (Wildman–Crippen LogP) is 4.42. The molecule has 8 nitrogen and oxygen atoms in total. The number of anilines is 3. The Morgan fingerprint density at radius 1 is 1.14 bits per heavy atom. The Bertz CT molecular complexity index is 1530.